The summed E-state index contributed by atoms with van der Waals surface area (Å²) in [6, 6.07) is 7.91. The molecule has 0 aliphatic heterocycles. The number of benzene rings is 1. The molecule has 0 saturated heterocycles. The summed E-state index contributed by atoms with van der Waals surface area (Å²) in [6.07, 6.45) is 3.41. The summed E-state index contributed by atoms with van der Waals surface area (Å²) >= 11 is 6.87. The van der Waals surface area contributed by atoms with Gasteiger partial charge in [0.05, 0.1) is 6.20 Å². The smallest absolute Gasteiger partial charge is 0.139 e. The van der Waals surface area contributed by atoms with Crippen molar-refractivity contribution < 1.29 is 4.74 Å². The molecule has 0 spiro atoms. The second-order valence-electron chi connectivity index (χ2n) is 3.76. The third-order valence-corrected chi connectivity index (χ3v) is 3.60. The van der Waals surface area contributed by atoms with Crippen LogP contribution in [-0.2, 0) is 13.2 Å². The number of pyridine rings is 1. The molecule has 2 N–H and O–H groups in total. The maximum absolute atomic E-state index is 5.67. The molecule has 0 amide bonds. The Morgan fingerprint density at radius 2 is 2.00 bits per heavy atom. The van der Waals surface area contributed by atoms with Crippen molar-refractivity contribution in [3.8, 4) is 5.75 Å². The van der Waals surface area contributed by atoms with Crippen LogP contribution in [0.5, 0.6) is 5.75 Å². The van der Waals surface area contributed by atoms with Gasteiger partial charge in [-0.25, -0.2) is 0 Å². The minimum Gasteiger partial charge on any atom is -0.487 e. The minimum absolute atomic E-state index is 0.490. The highest BCUT2D eigenvalue weighted by molar-refractivity contribution is 9.10. The van der Waals surface area contributed by atoms with Crippen LogP contribution in [0, 0.1) is 0 Å². The van der Waals surface area contributed by atoms with Crippen LogP contribution in [0.3, 0.4) is 0 Å². The van der Waals surface area contributed by atoms with Crippen molar-refractivity contribution in [3.63, 3.8) is 0 Å². The molecule has 0 fully saturated rings. The fourth-order valence-electron chi connectivity index (χ4n) is 1.47. The highest BCUT2D eigenvalue weighted by atomic mass is 79.9. The normalized spacial score (nSPS) is 10.4. The SMILES string of the molecule is NCc1ccc(COc2cncc(Br)c2)c(Br)c1. The molecular weight excluding hydrogens is 360 g/mol. The van der Waals surface area contributed by atoms with Gasteiger partial charge in [0.1, 0.15) is 12.4 Å². The van der Waals surface area contributed by atoms with Crippen molar-refractivity contribution in [2.24, 2.45) is 5.73 Å². The average molecular weight is 372 g/mol. The highest BCUT2D eigenvalue weighted by Crippen LogP contribution is 2.22. The van der Waals surface area contributed by atoms with Gasteiger partial charge in [-0.3, -0.25) is 4.98 Å². The molecule has 0 aliphatic rings. The van der Waals surface area contributed by atoms with Crippen LogP contribution in [0.2, 0.25) is 0 Å². The molecule has 1 aromatic carbocycles. The number of halogens is 2. The van der Waals surface area contributed by atoms with Crippen molar-refractivity contribution in [3.05, 3.63) is 56.7 Å². The summed E-state index contributed by atoms with van der Waals surface area (Å²) in [6.45, 7) is 1.03. The van der Waals surface area contributed by atoms with E-state index in [4.69, 9.17) is 10.5 Å². The van der Waals surface area contributed by atoms with Crippen LogP contribution in [0.1, 0.15) is 11.1 Å². The van der Waals surface area contributed by atoms with Crippen LogP contribution >= 0.6 is 31.9 Å². The molecule has 94 valence electrons. The van der Waals surface area contributed by atoms with Gasteiger partial charge in [-0.15, -0.1) is 0 Å². The Labute approximate surface area is 123 Å². The predicted molar refractivity (Wildman–Crippen MR) is 78.3 cm³/mol. The first-order valence-electron chi connectivity index (χ1n) is 5.40. The van der Waals surface area contributed by atoms with E-state index in [1.165, 1.54) is 0 Å². The lowest BCUT2D eigenvalue weighted by atomic mass is 10.1. The number of nitrogens with zero attached hydrogens (tertiary/aromatic N) is 1. The van der Waals surface area contributed by atoms with Crippen molar-refractivity contribution in [1.29, 1.82) is 0 Å². The van der Waals surface area contributed by atoms with Crippen LogP contribution in [0.4, 0.5) is 0 Å². The molecule has 0 radical (unpaired) electrons. The van der Waals surface area contributed by atoms with E-state index in [0.29, 0.717) is 13.2 Å². The summed E-state index contributed by atoms with van der Waals surface area (Å²) in [5, 5.41) is 0. The van der Waals surface area contributed by atoms with Crippen LogP contribution in [-0.4, -0.2) is 4.98 Å². The molecule has 18 heavy (non-hydrogen) atoms. The Morgan fingerprint density at radius 3 is 2.67 bits per heavy atom. The number of nitrogens with two attached hydrogens (primary N) is 1. The summed E-state index contributed by atoms with van der Waals surface area (Å²) < 4.78 is 7.58. The van der Waals surface area contributed by atoms with Crippen molar-refractivity contribution in [2.45, 2.75) is 13.2 Å². The summed E-state index contributed by atoms with van der Waals surface area (Å²) in [4.78, 5) is 4.05. The van der Waals surface area contributed by atoms with Gasteiger partial charge in [0.15, 0.2) is 0 Å². The first kappa shape index (κ1) is 13.5. The molecule has 0 aliphatic carbocycles. The van der Waals surface area contributed by atoms with E-state index in [2.05, 4.69) is 36.8 Å². The van der Waals surface area contributed by atoms with Gasteiger partial charge < -0.3 is 10.5 Å². The molecule has 5 heteroatoms. The van der Waals surface area contributed by atoms with E-state index in [-0.39, 0.29) is 0 Å². The average Bonchev–Trinajstić information content (AvgIpc) is 2.37. The minimum atomic E-state index is 0.490. The second-order valence-corrected chi connectivity index (χ2v) is 5.53. The summed E-state index contributed by atoms with van der Waals surface area (Å²) in [5.74, 6) is 0.735. The molecule has 0 bridgehead atoms. The fraction of sp³-hybridized carbons (Fsp3) is 0.154. The maximum Gasteiger partial charge on any atom is 0.139 e. The van der Waals surface area contributed by atoms with E-state index >= 15 is 0 Å². The van der Waals surface area contributed by atoms with Crippen LogP contribution in [0.25, 0.3) is 0 Å². The lowest BCUT2D eigenvalue weighted by Crippen LogP contribution is -2.00. The zero-order chi connectivity index (χ0) is 13.0. The first-order valence-corrected chi connectivity index (χ1v) is 6.98. The van der Waals surface area contributed by atoms with Gasteiger partial charge in [-0.1, -0.05) is 28.1 Å². The monoisotopic (exact) mass is 370 g/mol. The van der Waals surface area contributed by atoms with Gasteiger partial charge >= 0.3 is 0 Å². The van der Waals surface area contributed by atoms with Crippen molar-refractivity contribution >= 4 is 31.9 Å². The summed E-state index contributed by atoms with van der Waals surface area (Å²) in [5.41, 5.74) is 7.75. The van der Waals surface area contributed by atoms with Gasteiger partial charge in [0.2, 0.25) is 0 Å². The largest absolute Gasteiger partial charge is 0.487 e. The van der Waals surface area contributed by atoms with Crippen LogP contribution in [0.15, 0.2) is 45.6 Å². The zero-order valence-corrected chi connectivity index (χ0v) is 12.7. The molecule has 2 aromatic rings. The molecule has 0 saturated carbocycles. The predicted octanol–water partition coefficient (Wildman–Crippen LogP) is 3.64. The molecule has 3 nitrogen and oxygen atoms in total. The van der Waals surface area contributed by atoms with E-state index in [9.17, 15) is 0 Å². The number of ether oxygens (including phenoxy) is 1. The van der Waals surface area contributed by atoms with Gasteiger partial charge in [0, 0.05) is 27.3 Å². The van der Waals surface area contributed by atoms with E-state index in [1.54, 1.807) is 12.4 Å². The first-order chi connectivity index (χ1) is 8.69. The van der Waals surface area contributed by atoms with E-state index in [1.807, 2.05) is 24.3 Å². The Hall–Kier alpha value is -0.910. The van der Waals surface area contributed by atoms with E-state index < -0.39 is 0 Å². The van der Waals surface area contributed by atoms with Crippen molar-refractivity contribution in [2.75, 3.05) is 0 Å². The standard InChI is InChI=1S/C13H12Br2N2O/c14-11-4-12(7-17-6-11)18-8-10-2-1-9(5-16)3-13(10)15/h1-4,6-7H,5,8,16H2. The highest BCUT2D eigenvalue weighted by Gasteiger charge is 2.03. The third-order valence-electron chi connectivity index (χ3n) is 2.43. The summed E-state index contributed by atoms with van der Waals surface area (Å²) in [7, 11) is 0. The van der Waals surface area contributed by atoms with Gasteiger partial charge in [0.25, 0.3) is 0 Å². The number of hydrogen-bond acceptors (Lipinski definition) is 3. The van der Waals surface area contributed by atoms with E-state index in [0.717, 1.165) is 25.8 Å². The zero-order valence-electron chi connectivity index (χ0n) is 9.57. The lowest BCUT2D eigenvalue weighted by Gasteiger charge is -2.09. The quantitative estimate of drug-likeness (QED) is 0.892. The van der Waals surface area contributed by atoms with Crippen molar-refractivity contribution in [1.82, 2.24) is 4.98 Å². The van der Waals surface area contributed by atoms with Crippen LogP contribution < -0.4 is 10.5 Å². The number of hydrogen-bond donors (Lipinski definition) is 1. The second kappa shape index (κ2) is 6.31. The fourth-order valence-corrected chi connectivity index (χ4v) is 2.35. The maximum atomic E-state index is 5.67. The van der Waals surface area contributed by atoms with Gasteiger partial charge in [-0.2, -0.15) is 0 Å². The molecule has 1 heterocycles. The molecule has 0 atom stereocenters. The Kier molecular flexibility index (Phi) is 4.74. The molecule has 2 rings (SSSR count). The van der Waals surface area contributed by atoms with Gasteiger partial charge in [-0.05, 0) is 33.6 Å². The Morgan fingerprint density at radius 1 is 1.17 bits per heavy atom. The topological polar surface area (TPSA) is 48.1 Å². The Bertz CT molecular complexity index is 546. The lowest BCUT2D eigenvalue weighted by molar-refractivity contribution is 0.304. The number of rotatable bonds is 4. The molecular formula is C13H12Br2N2O. The Balaban J connectivity index is 2.06. The molecule has 1 aromatic heterocycles. The molecule has 0 unspecified atom stereocenters. The number of aromatic nitrogens is 1. The third kappa shape index (κ3) is 3.54.